The van der Waals surface area contributed by atoms with E-state index in [0.29, 0.717) is 30.4 Å². The molecule has 1 atom stereocenters. The Morgan fingerprint density at radius 2 is 1.89 bits per heavy atom. The summed E-state index contributed by atoms with van der Waals surface area (Å²) in [6.45, 7) is 1.39. The fourth-order valence-electron chi connectivity index (χ4n) is 4.25. The number of benzene rings is 2. The number of aromatic nitrogens is 1. The van der Waals surface area contributed by atoms with E-state index in [9.17, 15) is 4.79 Å². The van der Waals surface area contributed by atoms with Crippen LogP contribution in [0.5, 0.6) is 5.75 Å². The highest BCUT2D eigenvalue weighted by atomic mass is 35.6. The highest BCUT2D eigenvalue weighted by Gasteiger charge is 2.42. The lowest BCUT2D eigenvalue weighted by atomic mass is 10.1. The van der Waals surface area contributed by atoms with Crippen molar-refractivity contribution < 1.29 is 14.6 Å². The molecule has 0 aliphatic carbocycles. The highest BCUT2D eigenvalue weighted by Crippen LogP contribution is 2.35. The van der Waals surface area contributed by atoms with Crippen molar-refractivity contribution in [1.29, 1.82) is 0 Å². The third-order valence-corrected chi connectivity index (χ3v) is 7.08. The Morgan fingerprint density at radius 1 is 1.14 bits per heavy atom. The van der Waals surface area contributed by atoms with Gasteiger partial charge in [0.1, 0.15) is 12.4 Å². The Hall–Kier alpha value is -2.36. The van der Waals surface area contributed by atoms with Crippen LogP contribution in [0.3, 0.4) is 0 Å². The minimum atomic E-state index is -1.81. The Labute approximate surface area is 236 Å². The summed E-state index contributed by atoms with van der Waals surface area (Å²) in [6, 6.07) is 17.2. The quantitative estimate of drug-likeness (QED) is 0.276. The molecule has 1 aliphatic heterocycles. The molecule has 0 radical (unpaired) electrons. The Morgan fingerprint density at radius 3 is 2.62 bits per heavy atom. The van der Waals surface area contributed by atoms with E-state index in [1.807, 2.05) is 47.4 Å². The fraction of sp³-hybridized carbons (Fsp3) is 0.346. The van der Waals surface area contributed by atoms with Crippen molar-refractivity contribution in [2.75, 3.05) is 31.2 Å². The van der Waals surface area contributed by atoms with Crippen LogP contribution < -0.4 is 15.0 Å². The number of anilines is 1. The lowest BCUT2D eigenvalue weighted by Crippen LogP contribution is -2.62. The summed E-state index contributed by atoms with van der Waals surface area (Å²) in [6.07, 6.45) is 2.25. The average Bonchev–Trinajstić information content (AvgIpc) is 2.89. The molecule has 0 bridgehead atoms. The number of aryl methyl sites for hydroxylation is 1. The van der Waals surface area contributed by atoms with Gasteiger partial charge < -0.3 is 25.0 Å². The summed E-state index contributed by atoms with van der Waals surface area (Å²) >= 11 is 24.9. The number of fused-ring (bicyclic) bond motifs is 1. The average molecular weight is 582 g/mol. The number of halogens is 3. The van der Waals surface area contributed by atoms with Gasteiger partial charge in [0.25, 0.3) is 0 Å². The Kier molecular flexibility index (Phi) is 9.31. The number of hydrogen-bond acceptors (Lipinski definition) is 5. The molecule has 7 nitrogen and oxygen atoms in total. The standard InChI is InChI=1S/C26H27Cl3N4O3S/c27-26(28,29)24(31-22(35)12-9-18-7-10-20(11-8-18)36-17-16-34)33-15-3-14-32(25(33)37)21-6-1-4-19-5-2-13-30-23(19)21/h1-2,4-8,10-11,13,24,34H,3,9,12,14-17H2,(H,31,35). The second-order valence-electron chi connectivity index (χ2n) is 8.56. The van der Waals surface area contributed by atoms with Crippen molar-refractivity contribution in [1.82, 2.24) is 15.2 Å². The lowest BCUT2D eigenvalue weighted by Gasteiger charge is -2.44. The van der Waals surface area contributed by atoms with Gasteiger partial charge in [0.15, 0.2) is 11.3 Å². The van der Waals surface area contributed by atoms with Gasteiger partial charge in [-0.05, 0) is 54.9 Å². The molecule has 0 saturated carbocycles. The van der Waals surface area contributed by atoms with E-state index in [0.717, 1.165) is 28.6 Å². The van der Waals surface area contributed by atoms with Crippen molar-refractivity contribution >= 4 is 74.6 Å². The van der Waals surface area contributed by atoms with Crippen LogP contribution in [0.4, 0.5) is 5.69 Å². The minimum Gasteiger partial charge on any atom is -0.491 e. The molecule has 196 valence electrons. The summed E-state index contributed by atoms with van der Waals surface area (Å²) in [7, 11) is 0. The molecule has 0 spiro atoms. The topological polar surface area (TPSA) is 77.9 Å². The molecular formula is C26H27Cl3N4O3S. The molecule has 1 unspecified atom stereocenters. The molecule has 37 heavy (non-hydrogen) atoms. The number of rotatable bonds is 9. The van der Waals surface area contributed by atoms with Gasteiger partial charge >= 0.3 is 0 Å². The molecule has 2 heterocycles. The van der Waals surface area contributed by atoms with Crippen LogP contribution in [0.1, 0.15) is 18.4 Å². The maximum atomic E-state index is 12.9. The predicted molar refractivity (Wildman–Crippen MR) is 153 cm³/mol. The number of thiocarbonyl (C=S) groups is 1. The van der Waals surface area contributed by atoms with Crippen LogP contribution in [0.25, 0.3) is 10.9 Å². The first-order valence-electron chi connectivity index (χ1n) is 11.9. The Bertz CT molecular complexity index is 1230. The monoisotopic (exact) mass is 580 g/mol. The van der Waals surface area contributed by atoms with Gasteiger partial charge in [-0.15, -0.1) is 0 Å². The van der Waals surface area contributed by atoms with Gasteiger partial charge in [0.05, 0.1) is 17.8 Å². The number of carbonyl (C=O) groups excluding carboxylic acids is 1. The number of aliphatic hydroxyl groups is 1. The van der Waals surface area contributed by atoms with Crippen LogP contribution in [0, 0.1) is 0 Å². The number of amides is 1. The van der Waals surface area contributed by atoms with Crippen molar-refractivity contribution in [3.8, 4) is 5.75 Å². The first kappa shape index (κ1) is 27.7. The van der Waals surface area contributed by atoms with Crippen molar-refractivity contribution in [3.05, 3.63) is 66.4 Å². The van der Waals surface area contributed by atoms with Gasteiger partial charge in [-0.25, -0.2) is 0 Å². The van der Waals surface area contributed by atoms with E-state index in [2.05, 4.69) is 10.3 Å². The SMILES string of the molecule is O=C(CCc1ccc(OCCO)cc1)NC(N1CCCN(c2cccc3cccnc23)C1=S)C(Cl)(Cl)Cl. The fourth-order valence-corrected chi connectivity index (χ4v) is 5.15. The lowest BCUT2D eigenvalue weighted by molar-refractivity contribution is -0.122. The number of para-hydroxylation sites is 1. The second-order valence-corrected chi connectivity index (χ2v) is 11.3. The van der Waals surface area contributed by atoms with Crippen LogP contribution in [-0.4, -0.2) is 62.3 Å². The van der Waals surface area contributed by atoms with E-state index in [1.165, 1.54) is 0 Å². The van der Waals surface area contributed by atoms with E-state index >= 15 is 0 Å². The van der Waals surface area contributed by atoms with Crippen molar-refractivity contribution in [2.24, 2.45) is 0 Å². The Balaban J connectivity index is 1.45. The number of nitrogens with zero attached hydrogens (tertiary/aromatic N) is 3. The molecular weight excluding hydrogens is 555 g/mol. The molecule has 1 aliphatic rings. The number of ether oxygens (including phenoxy) is 1. The van der Waals surface area contributed by atoms with E-state index < -0.39 is 9.96 Å². The number of aliphatic hydroxyl groups excluding tert-OH is 1. The van der Waals surface area contributed by atoms with Crippen LogP contribution >= 0.6 is 47.0 Å². The summed E-state index contributed by atoms with van der Waals surface area (Å²) in [4.78, 5) is 21.2. The molecule has 3 aromatic rings. The molecule has 11 heteroatoms. The molecule has 1 amide bonds. The first-order chi connectivity index (χ1) is 17.8. The third-order valence-electron chi connectivity index (χ3n) is 6.00. The van der Waals surface area contributed by atoms with E-state index in [4.69, 9.17) is 56.9 Å². The maximum Gasteiger partial charge on any atom is 0.228 e. The normalized spacial score (nSPS) is 15.1. The second kappa shape index (κ2) is 12.5. The highest BCUT2D eigenvalue weighted by molar-refractivity contribution is 7.80. The van der Waals surface area contributed by atoms with E-state index in [1.54, 1.807) is 23.2 Å². The molecule has 2 aromatic carbocycles. The largest absolute Gasteiger partial charge is 0.491 e. The smallest absolute Gasteiger partial charge is 0.228 e. The van der Waals surface area contributed by atoms with Crippen molar-refractivity contribution in [3.63, 3.8) is 0 Å². The molecule has 4 rings (SSSR count). The van der Waals surface area contributed by atoms with Gasteiger partial charge in [-0.1, -0.05) is 65.1 Å². The zero-order valence-corrected chi connectivity index (χ0v) is 23.0. The van der Waals surface area contributed by atoms with Crippen molar-refractivity contribution in [2.45, 2.75) is 29.2 Å². The number of pyridine rings is 1. The van der Waals surface area contributed by atoms with Gasteiger partial charge in [0.2, 0.25) is 9.70 Å². The van der Waals surface area contributed by atoms with Gasteiger partial charge in [-0.2, -0.15) is 0 Å². The van der Waals surface area contributed by atoms with E-state index in [-0.39, 0.29) is 25.5 Å². The minimum absolute atomic E-state index is 0.0522. The summed E-state index contributed by atoms with van der Waals surface area (Å²) < 4.78 is 3.55. The number of nitrogens with one attached hydrogen (secondary N) is 1. The third kappa shape index (κ3) is 6.94. The van der Waals surface area contributed by atoms with Gasteiger partial charge in [0, 0.05) is 31.1 Å². The number of alkyl halides is 3. The molecule has 2 N–H and O–H groups in total. The summed E-state index contributed by atoms with van der Waals surface area (Å²) in [5.74, 6) is 0.395. The van der Waals surface area contributed by atoms with Crippen LogP contribution in [0.2, 0.25) is 0 Å². The van der Waals surface area contributed by atoms with Gasteiger partial charge in [-0.3, -0.25) is 9.78 Å². The first-order valence-corrected chi connectivity index (χ1v) is 13.4. The number of hydrogen-bond donors (Lipinski definition) is 2. The summed E-state index contributed by atoms with van der Waals surface area (Å²) in [5.41, 5.74) is 2.66. The maximum absolute atomic E-state index is 12.9. The zero-order valence-electron chi connectivity index (χ0n) is 19.9. The predicted octanol–water partition coefficient (Wildman–Crippen LogP) is 4.85. The van der Waals surface area contributed by atoms with Crippen LogP contribution in [-0.2, 0) is 11.2 Å². The molecule has 1 aromatic heterocycles. The summed E-state index contributed by atoms with van der Waals surface area (Å²) in [5, 5.41) is 13.2. The molecule has 1 saturated heterocycles. The van der Waals surface area contributed by atoms with Crippen LogP contribution in [0.15, 0.2) is 60.8 Å². The number of carbonyl (C=O) groups is 1. The molecule has 1 fully saturated rings. The zero-order chi connectivity index (χ0) is 26.4.